The van der Waals surface area contributed by atoms with Crippen LogP contribution in [0.15, 0.2) is 30.3 Å². The van der Waals surface area contributed by atoms with E-state index in [4.69, 9.17) is 0 Å². The van der Waals surface area contributed by atoms with Gasteiger partial charge in [-0.25, -0.2) is 0 Å². The van der Waals surface area contributed by atoms with E-state index >= 15 is 0 Å². The first-order valence-corrected chi connectivity index (χ1v) is 6.54. The summed E-state index contributed by atoms with van der Waals surface area (Å²) < 4.78 is 2.15. The predicted molar refractivity (Wildman–Crippen MR) is 70.8 cm³/mol. The first-order chi connectivity index (χ1) is 8.84. The molecule has 0 saturated carbocycles. The summed E-state index contributed by atoms with van der Waals surface area (Å²) in [6, 6.07) is 10.9. The van der Waals surface area contributed by atoms with Gasteiger partial charge in [0.1, 0.15) is 11.6 Å². The SMILES string of the molecule is Cc1nnc(CC2CCCN2)n1-c1ccccc1. The molecule has 0 spiro atoms. The van der Waals surface area contributed by atoms with Crippen LogP contribution < -0.4 is 5.32 Å². The quantitative estimate of drug-likeness (QED) is 0.893. The molecular formula is C14H18N4. The number of nitrogens with zero attached hydrogens (tertiary/aromatic N) is 3. The molecular weight excluding hydrogens is 224 g/mol. The number of para-hydroxylation sites is 1. The van der Waals surface area contributed by atoms with Crippen molar-refractivity contribution in [3.05, 3.63) is 42.0 Å². The maximum atomic E-state index is 4.33. The molecule has 0 aliphatic carbocycles. The van der Waals surface area contributed by atoms with Gasteiger partial charge in [-0.05, 0) is 38.4 Å². The van der Waals surface area contributed by atoms with Crippen LogP contribution in [-0.2, 0) is 6.42 Å². The Morgan fingerprint density at radius 2 is 2.11 bits per heavy atom. The average Bonchev–Trinajstić information content (AvgIpc) is 3.02. The number of hydrogen-bond donors (Lipinski definition) is 1. The first-order valence-electron chi connectivity index (χ1n) is 6.54. The van der Waals surface area contributed by atoms with Crippen molar-refractivity contribution in [2.75, 3.05) is 6.54 Å². The summed E-state index contributed by atoms with van der Waals surface area (Å²) in [6.45, 7) is 3.13. The van der Waals surface area contributed by atoms with Gasteiger partial charge >= 0.3 is 0 Å². The zero-order chi connectivity index (χ0) is 12.4. The third-order valence-electron chi connectivity index (χ3n) is 3.50. The Labute approximate surface area is 107 Å². The van der Waals surface area contributed by atoms with Crippen LogP contribution in [0.25, 0.3) is 5.69 Å². The number of nitrogens with one attached hydrogen (secondary N) is 1. The van der Waals surface area contributed by atoms with E-state index < -0.39 is 0 Å². The van der Waals surface area contributed by atoms with Gasteiger partial charge in [-0.3, -0.25) is 4.57 Å². The highest BCUT2D eigenvalue weighted by Crippen LogP contribution is 2.16. The molecule has 4 nitrogen and oxygen atoms in total. The van der Waals surface area contributed by atoms with E-state index in [-0.39, 0.29) is 0 Å². The topological polar surface area (TPSA) is 42.7 Å². The Kier molecular flexibility index (Phi) is 3.11. The maximum absolute atomic E-state index is 4.33. The summed E-state index contributed by atoms with van der Waals surface area (Å²) in [6.07, 6.45) is 3.46. The van der Waals surface area contributed by atoms with Crippen molar-refractivity contribution in [3.63, 3.8) is 0 Å². The van der Waals surface area contributed by atoms with E-state index in [1.807, 2.05) is 25.1 Å². The molecule has 3 rings (SSSR count). The lowest BCUT2D eigenvalue weighted by molar-refractivity contribution is 0.579. The molecule has 1 aliphatic rings. The molecule has 1 aromatic heterocycles. The van der Waals surface area contributed by atoms with Crippen LogP contribution in [0.2, 0.25) is 0 Å². The molecule has 1 unspecified atom stereocenters. The van der Waals surface area contributed by atoms with Gasteiger partial charge in [0, 0.05) is 18.2 Å². The molecule has 1 aromatic carbocycles. The van der Waals surface area contributed by atoms with Gasteiger partial charge in [-0.1, -0.05) is 18.2 Å². The highest BCUT2D eigenvalue weighted by molar-refractivity contribution is 5.33. The molecule has 1 fully saturated rings. The monoisotopic (exact) mass is 242 g/mol. The third-order valence-corrected chi connectivity index (χ3v) is 3.50. The highest BCUT2D eigenvalue weighted by Gasteiger charge is 2.19. The van der Waals surface area contributed by atoms with Crippen molar-refractivity contribution < 1.29 is 0 Å². The lowest BCUT2D eigenvalue weighted by Crippen LogP contribution is -2.25. The zero-order valence-electron chi connectivity index (χ0n) is 10.6. The summed E-state index contributed by atoms with van der Waals surface area (Å²) in [7, 11) is 0. The van der Waals surface area contributed by atoms with Crippen molar-refractivity contribution in [1.29, 1.82) is 0 Å². The van der Waals surface area contributed by atoms with Crippen LogP contribution in [0.4, 0.5) is 0 Å². The molecule has 0 radical (unpaired) electrons. The molecule has 94 valence electrons. The Hall–Kier alpha value is -1.68. The highest BCUT2D eigenvalue weighted by atomic mass is 15.3. The van der Waals surface area contributed by atoms with Gasteiger partial charge in [-0.15, -0.1) is 10.2 Å². The number of aromatic nitrogens is 3. The molecule has 1 atom stereocenters. The molecule has 1 N–H and O–H groups in total. The summed E-state index contributed by atoms with van der Waals surface area (Å²) >= 11 is 0. The average molecular weight is 242 g/mol. The normalized spacial score (nSPS) is 19.3. The molecule has 0 amide bonds. The minimum absolute atomic E-state index is 0.552. The van der Waals surface area contributed by atoms with E-state index in [9.17, 15) is 0 Å². The van der Waals surface area contributed by atoms with Gasteiger partial charge in [-0.2, -0.15) is 0 Å². The molecule has 4 heteroatoms. The molecule has 0 bridgehead atoms. The van der Waals surface area contributed by atoms with Crippen LogP contribution in [0, 0.1) is 6.92 Å². The second kappa shape index (κ2) is 4.90. The summed E-state index contributed by atoms with van der Waals surface area (Å²) in [5, 5.41) is 12.1. The molecule has 2 aromatic rings. The van der Waals surface area contributed by atoms with Crippen molar-refractivity contribution in [2.24, 2.45) is 0 Å². The Balaban J connectivity index is 1.91. The number of benzene rings is 1. The van der Waals surface area contributed by atoms with Crippen LogP contribution in [0.3, 0.4) is 0 Å². The van der Waals surface area contributed by atoms with Gasteiger partial charge in [0.15, 0.2) is 0 Å². The minimum atomic E-state index is 0.552. The van der Waals surface area contributed by atoms with E-state index in [1.165, 1.54) is 12.8 Å². The Bertz CT molecular complexity index is 512. The maximum Gasteiger partial charge on any atom is 0.139 e. The fourth-order valence-corrected chi connectivity index (χ4v) is 2.60. The summed E-state index contributed by atoms with van der Waals surface area (Å²) in [5.74, 6) is 2.01. The van der Waals surface area contributed by atoms with E-state index in [1.54, 1.807) is 0 Å². The van der Waals surface area contributed by atoms with Crippen LogP contribution in [0.5, 0.6) is 0 Å². The van der Waals surface area contributed by atoms with Crippen molar-refractivity contribution >= 4 is 0 Å². The fraction of sp³-hybridized carbons (Fsp3) is 0.429. The summed E-state index contributed by atoms with van der Waals surface area (Å²) in [5.41, 5.74) is 1.15. The van der Waals surface area contributed by atoms with Crippen LogP contribution >= 0.6 is 0 Å². The van der Waals surface area contributed by atoms with Crippen LogP contribution in [-0.4, -0.2) is 27.4 Å². The Morgan fingerprint density at radius 3 is 2.83 bits per heavy atom. The number of rotatable bonds is 3. The molecule has 1 aliphatic heterocycles. The van der Waals surface area contributed by atoms with Gasteiger partial charge in [0.2, 0.25) is 0 Å². The van der Waals surface area contributed by atoms with Crippen LogP contribution in [0.1, 0.15) is 24.5 Å². The lowest BCUT2D eigenvalue weighted by atomic mass is 10.1. The van der Waals surface area contributed by atoms with Gasteiger partial charge in [0.25, 0.3) is 0 Å². The lowest BCUT2D eigenvalue weighted by Gasteiger charge is -2.12. The smallest absolute Gasteiger partial charge is 0.139 e. The fourth-order valence-electron chi connectivity index (χ4n) is 2.60. The van der Waals surface area contributed by atoms with E-state index in [0.717, 1.165) is 30.3 Å². The third kappa shape index (κ3) is 2.16. The second-order valence-electron chi connectivity index (χ2n) is 4.83. The van der Waals surface area contributed by atoms with Crippen molar-refractivity contribution in [2.45, 2.75) is 32.2 Å². The molecule has 2 heterocycles. The molecule has 18 heavy (non-hydrogen) atoms. The predicted octanol–water partition coefficient (Wildman–Crippen LogP) is 1.87. The van der Waals surface area contributed by atoms with Crippen molar-refractivity contribution in [1.82, 2.24) is 20.1 Å². The minimum Gasteiger partial charge on any atom is -0.314 e. The number of hydrogen-bond acceptors (Lipinski definition) is 3. The van der Waals surface area contributed by atoms with E-state index in [0.29, 0.717) is 6.04 Å². The second-order valence-corrected chi connectivity index (χ2v) is 4.83. The Morgan fingerprint density at radius 1 is 1.28 bits per heavy atom. The standard InChI is InChI=1S/C14H18N4/c1-11-16-17-14(10-12-6-5-9-15-12)18(11)13-7-3-2-4-8-13/h2-4,7-8,12,15H,5-6,9-10H2,1H3. The molecule has 1 saturated heterocycles. The zero-order valence-corrected chi connectivity index (χ0v) is 10.6. The van der Waals surface area contributed by atoms with E-state index in [2.05, 4.69) is 32.2 Å². The first kappa shape index (κ1) is 11.4. The van der Waals surface area contributed by atoms with Gasteiger partial charge in [0.05, 0.1) is 0 Å². The summed E-state index contributed by atoms with van der Waals surface area (Å²) in [4.78, 5) is 0. The number of aryl methyl sites for hydroxylation is 1. The van der Waals surface area contributed by atoms with Crippen molar-refractivity contribution in [3.8, 4) is 5.69 Å². The largest absolute Gasteiger partial charge is 0.314 e. The van der Waals surface area contributed by atoms with Gasteiger partial charge < -0.3 is 5.32 Å².